The Morgan fingerprint density at radius 2 is 1.27 bits per heavy atom. The van der Waals surface area contributed by atoms with E-state index in [-0.39, 0.29) is 34.0 Å². The average molecular weight is 531 g/mol. The van der Waals surface area contributed by atoms with Crippen molar-refractivity contribution < 1.29 is 4.42 Å². The van der Waals surface area contributed by atoms with Gasteiger partial charge in [0, 0.05) is 28.1 Å². The fraction of sp³-hybridized carbons (Fsp3) is 0.364. The predicted octanol–water partition coefficient (Wildman–Crippen LogP) is 7.39. The van der Waals surface area contributed by atoms with Crippen LogP contribution in [0.2, 0.25) is 0 Å². The molecule has 0 saturated carbocycles. The van der Waals surface area contributed by atoms with Crippen LogP contribution in [0.15, 0.2) is 44.3 Å². The molecule has 0 fully saturated rings. The van der Waals surface area contributed by atoms with E-state index in [0.717, 1.165) is 19.3 Å². The SMILES string of the molecule is CCCCCCCCCCCCn1c(=O)c2cc(C#N)c3oc4ccc(C#N)cc4c4c(C#N)cc(c1=O)c2c34. The van der Waals surface area contributed by atoms with Crippen LogP contribution in [0, 0.1) is 34.0 Å². The Kier molecular flexibility index (Phi) is 7.81. The summed E-state index contributed by atoms with van der Waals surface area (Å²) in [5.74, 6) is 0. The first-order valence-electron chi connectivity index (χ1n) is 14.1. The fourth-order valence-electron chi connectivity index (χ4n) is 5.84. The zero-order chi connectivity index (χ0) is 28.2. The maximum Gasteiger partial charge on any atom is 0.261 e. The number of nitriles is 3. The Labute approximate surface area is 231 Å². The van der Waals surface area contributed by atoms with Gasteiger partial charge < -0.3 is 4.42 Å². The van der Waals surface area contributed by atoms with Gasteiger partial charge in [-0.05, 0) is 36.8 Å². The molecule has 200 valence electrons. The van der Waals surface area contributed by atoms with Crippen molar-refractivity contribution in [1.29, 1.82) is 15.8 Å². The van der Waals surface area contributed by atoms with Gasteiger partial charge in [0.2, 0.25) is 0 Å². The summed E-state index contributed by atoms with van der Waals surface area (Å²) < 4.78 is 7.36. The third-order valence-electron chi connectivity index (χ3n) is 7.87. The summed E-state index contributed by atoms with van der Waals surface area (Å²) in [6, 6.07) is 14.3. The van der Waals surface area contributed by atoms with Crippen LogP contribution in [-0.2, 0) is 6.54 Å². The summed E-state index contributed by atoms with van der Waals surface area (Å²) in [6.45, 7) is 2.50. The van der Waals surface area contributed by atoms with Gasteiger partial charge in [-0.15, -0.1) is 0 Å². The molecular weight excluding hydrogens is 500 g/mol. The summed E-state index contributed by atoms with van der Waals surface area (Å²) >= 11 is 0. The number of aromatic nitrogens is 1. The Hall–Kier alpha value is -4.67. The van der Waals surface area contributed by atoms with Crippen molar-refractivity contribution in [3.8, 4) is 18.2 Å². The van der Waals surface area contributed by atoms with Gasteiger partial charge in [-0.25, -0.2) is 0 Å². The van der Waals surface area contributed by atoms with Crippen LogP contribution in [0.3, 0.4) is 0 Å². The van der Waals surface area contributed by atoms with Crippen molar-refractivity contribution in [2.45, 2.75) is 77.7 Å². The Balaban J connectivity index is 1.57. The number of fused-ring (bicyclic) bond motifs is 2. The summed E-state index contributed by atoms with van der Waals surface area (Å²) in [4.78, 5) is 27.3. The quantitative estimate of drug-likeness (QED) is 0.0996. The second kappa shape index (κ2) is 11.6. The maximum atomic E-state index is 13.6. The molecule has 0 atom stereocenters. The Morgan fingerprint density at radius 3 is 1.88 bits per heavy atom. The summed E-state index contributed by atoms with van der Waals surface area (Å²) in [5.41, 5.74) is 0.499. The van der Waals surface area contributed by atoms with Crippen molar-refractivity contribution in [2.75, 3.05) is 0 Å². The molecular formula is C33H30N4O3. The van der Waals surface area contributed by atoms with E-state index in [2.05, 4.69) is 25.1 Å². The molecule has 0 aliphatic carbocycles. The van der Waals surface area contributed by atoms with Crippen molar-refractivity contribution in [1.82, 2.24) is 4.57 Å². The normalized spacial score (nSPS) is 11.3. The summed E-state index contributed by atoms with van der Waals surface area (Å²) in [6.07, 6.45) is 11.4. The highest BCUT2D eigenvalue weighted by atomic mass is 16.3. The van der Waals surface area contributed by atoms with Crippen molar-refractivity contribution in [3.63, 3.8) is 0 Å². The first-order chi connectivity index (χ1) is 19.5. The van der Waals surface area contributed by atoms with E-state index in [1.54, 1.807) is 18.2 Å². The van der Waals surface area contributed by atoms with Gasteiger partial charge in [0.25, 0.3) is 11.1 Å². The third-order valence-corrected chi connectivity index (χ3v) is 7.87. The molecule has 5 rings (SSSR count). The number of unbranched alkanes of at least 4 members (excludes halogenated alkanes) is 9. The first kappa shape index (κ1) is 26.9. The molecule has 0 aliphatic heterocycles. The minimum atomic E-state index is -0.441. The lowest BCUT2D eigenvalue weighted by atomic mass is 9.91. The lowest BCUT2D eigenvalue weighted by molar-refractivity contribution is 0.527. The van der Waals surface area contributed by atoms with Crippen molar-refractivity contribution >= 4 is 43.5 Å². The third kappa shape index (κ3) is 4.67. The van der Waals surface area contributed by atoms with Crippen LogP contribution in [0.4, 0.5) is 0 Å². The number of hydrogen-bond donors (Lipinski definition) is 0. The van der Waals surface area contributed by atoms with Gasteiger partial charge >= 0.3 is 0 Å². The van der Waals surface area contributed by atoms with Gasteiger partial charge in [-0.1, -0.05) is 64.7 Å². The van der Waals surface area contributed by atoms with Crippen LogP contribution in [-0.4, -0.2) is 4.57 Å². The molecule has 0 spiro atoms. The van der Waals surface area contributed by atoms with Crippen molar-refractivity contribution in [2.24, 2.45) is 0 Å². The van der Waals surface area contributed by atoms with Gasteiger partial charge in [0.15, 0.2) is 5.58 Å². The minimum Gasteiger partial charge on any atom is -0.455 e. The lowest BCUT2D eigenvalue weighted by Gasteiger charge is -2.16. The van der Waals surface area contributed by atoms with Crippen LogP contribution < -0.4 is 11.1 Å². The number of rotatable bonds is 11. The fourth-order valence-corrected chi connectivity index (χ4v) is 5.84. The number of benzene rings is 3. The summed E-state index contributed by atoms with van der Waals surface area (Å²) in [5, 5.41) is 31.8. The maximum absolute atomic E-state index is 13.6. The molecule has 7 nitrogen and oxygen atoms in total. The number of pyridine rings is 1. The first-order valence-corrected chi connectivity index (χ1v) is 14.1. The van der Waals surface area contributed by atoms with E-state index in [0.29, 0.717) is 39.1 Å². The standard InChI is InChI=1S/C33H30N4O3/c1-2-3-4-5-6-7-8-9-10-11-14-37-32(38)25-16-22(19-35)28-24-15-21(18-34)12-13-27(24)40-31-23(20-36)17-26(33(37)39)29(25)30(28)31/h12-13,15-17H,2-11,14H2,1H3. The van der Waals surface area contributed by atoms with E-state index in [4.69, 9.17) is 4.42 Å². The predicted molar refractivity (Wildman–Crippen MR) is 156 cm³/mol. The van der Waals surface area contributed by atoms with Crippen LogP contribution in [0.1, 0.15) is 87.8 Å². The molecule has 2 aromatic heterocycles. The molecule has 40 heavy (non-hydrogen) atoms. The van der Waals surface area contributed by atoms with E-state index in [1.165, 1.54) is 55.2 Å². The van der Waals surface area contributed by atoms with Crippen LogP contribution in [0.5, 0.6) is 0 Å². The van der Waals surface area contributed by atoms with Gasteiger partial charge in [0.1, 0.15) is 11.7 Å². The highest BCUT2D eigenvalue weighted by Gasteiger charge is 2.24. The number of nitrogens with zero attached hydrogens (tertiary/aromatic N) is 4. The smallest absolute Gasteiger partial charge is 0.261 e. The van der Waals surface area contributed by atoms with Gasteiger partial charge in [-0.2, -0.15) is 15.8 Å². The van der Waals surface area contributed by atoms with E-state index in [1.807, 2.05) is 0 Å². The molecule has 0 saturated heterocycles. The topological polar surface area (TPSA) is 124 Å². The largest absolute Gasteiger partial charge is 0.455 e. The number of hydrogen-bond acceptors (Lipinski definition) is 6. The van der Waals surface area contributed by atoms with Gasteiger partial charge in [-0.3, -0.25) is 14.2 Å². The Bertz CT molecular complexity index is 1950. The zero-order valence-electron chi connectivity index (χ0n) is 22.7. The van der Waals surface area contributed by atoms with Gasteiger partial charge in [0.05, 0.1) is 39.6 Å². The van der Waals surface area contributed by atoms with Crippen molar-refractivity contribution in [3.05, 3.63) is 67.7 Å². The molecule has 0 N–H and O–H groups in total. The van der Waals surface area contributed by atoms with Crippen LogP contribution in [0.25, 0.3) is 43.5 Å². The van der Waals surface area contributed by atoms with E-state index in [9.17, 15) is 25.4 Å². The zero-order valence-corrected chi connectivity index (χ0v) is 22.7. The molecule has 0 amide bonds. The molecule has 0 aliphatic rings. The molecule has 0 radical (unpaired) electrons. The Morgan fingerprint density at radius 1 is 0.675 bits per heavy atom. The summed E-state index contributed by atoms with van der Waals surface area (Å²) in [7, 11) is 0. The highest BCUT2D eigenvalue weighted by molar-refractivity contribution is 6.28. The average Bonchev–Trinajstić information content (AvgIpc) is 2.98. The molecule has 5 aromatic rings. The van der Waals surface area contributed by atoms with E-state index >= 15 is 0 Å². The molecule has 0 unspecified atom stereocenters. The second-order valence-electron chi connectivity index (χ2n) is 10.5. The monoisotopic (exact) mass is 530 g/mol. The molecule has 2 heterocycles. The van der Waals surface area contributed by atoms with E-state index < -0.39 is 11.1 Å². The minimum absolute atomic E-state index is 0.154. The molecule has 7 heteroatoms. The van der Waals surface area contributed by atoms with Crippen LogP contribution >= 0.6 is 0 Å². The second-order valence-corrected chi connectivity index (χ2v) is 10.5. The molecule has 0 bridgehead atoms. The molecule has 3 aromatic carbocycles. The lowest BCUT2D eigenvalue weighted by Crippen LogP contribution is -2.33. The highest BCUT2D eigenvalue weighted by Crippen LogP contribution is 2.40.